The second-order valence-corrected chi connectivity index (χ2v) is 4.24. The number of anilines is 1. The van der Waals surface area contributed by atoms with Gasteiger partial charge < -0.3 is 22.1 Å². The first kappa shape index (κ1) is 14.8. The van der Waals surface area contributed by atoms with E-state index < -0.39 is 30.8 Å². The first-order chi connectivity index (χ1) is 8.81. The average Bonchev–Trinajstić information content (AvgIpc) is 2.29. The van der Waals surface area contributed by atoms with Gasteiger partial charge in [0.15, 0.2) is 0 Å². The predicted molar refractivity (Wildman–Crippen MR) is 70.2 cm³/mol. The number of nitrogen functional groups attached to an aromatic ring is 1. The van der Waals surface area contributed by atoms with Gasteiger partial charge in [-0.25, -0.2) is 0 Å². The van der Waals surface area contributed by atoms with E-state index in [0.717, 1.165) is 4.90 Å². The number of carbonyl (C=O) groups excluding carboxylic acids is 3. The number of nitrogens with two attached hydrogens (primary N) is 3. The molecule has 1 rings (SSSR count). The smallest absolute Gasteiger partial charge is 0.254 e. The summed E-state index contributed by atoms with van der Waals surface area (Å²) in [5, 5.41) is 0.198. The number of benzene rings is 1. The van der Waals surface area contributed by atoms with Crippen LogP contribution in [0.15, 0.2) is 18.2 Å². The summed E-state index contributed by atoms with van der Waals surface area (Å²) >= 11 is 5.80. The fourth-order valence-corrected chi connectivity index (χ4v) is 1.60. The van der Waals surface area contributed by atoms with Crippen LogP contribution in [-0.2, 0) is 9.59 Å². The topological polar surface area (TPSA) is 133 Å². The van der Waals surface area contributed by atoms with Crippen molar-refractivity contribution >= 4 is 35.0 Å². The minimum Gasteiger partial charge on any atom is -0.398 e. The maximum Gasteiger partial charge on any atom is 0.254 e. The van der Waals surface area contributed by atoms with Crippen LogP contribution in [-0.4, -0.2) is 35.7 Å². The highest BCUT2D eigenvalue weighted by molar-refractivity contribution is 6.33. The normalized spacial score (nSPS) is 9.95. The summed E-state index contributed by atoms with van der Waals surface area (Å²) in [5.74, 6) is -2.09. The van der Waals surface area contributed by atoms with Gasteiger partial charge in [-0.15, -0.1) is 0 Å². The zero-order valence-electron chi connectivity index (χ0n) is 9.93. The van der Waals surface area contributed by atoms with Gasteiger partial charge in [-0.2, -0.15) is 0 Å². The Hall–Kier alpha value is -2.28. The summed E-state index contributed by atoms with van der Waals surface area (Å²) in [5.41, 5.74) is 16.0. The number of nitrogens with zero attached hydrogens (tertiary/aromatic N) is 1. The second kappa shape index (κ2) is 6.05. The highest BCUT2D eigenvalue weighted by Crippen LogP contribution is 2.20. The van der Waals surface area contributed by atoms with Crippen LogP contribution in [0.25, 0.3) is 0 Å². The number of primary amides is 2. The quantitative estimate of drug-likeness (QED) is 0.619. The van der Waals surface area contributed by atoms with Crippen molar-refractivity contribution < 1.29 is 14.4 Å². The summed E-state index contributed by atoms with van der Waals surface area (Å²) < 4.78 is 0. The molecule has 0 bridgehead atoms. The summed E-state index contributed by atoms with van der Waals surface area (Å²) in [4.78, 5) is 34.8. The largest absolute Gasteiger partial charge is 0.398 e. The zero-order valence-corrected chi connectivity index (χ0v) is 10.7. The molecule has 1 aromatic carbocycles. The number of halogens is 1. The Balaban J connectivity index is 3.00. The monoisotopic (exact) mass is 284 g/mol. The molecule has 0 aliphatic rings. The molecule has 6 N–H and O–H groups in total. The first-order valence-corrected chi connectivity index (χ1v) is 5.60. The maximum atomic E-state index is 12.1. The molecule has 0 spiro atoms. The van der Waals surface area contributed by atoms with Gasteiger partial charge in [-0.05, 0) is 18.2 Å². The van der Waals surface area contributed by atoms with Crippen LogP contribution in [0, 0.1) is 0 Å². The second-order valence-electron chi connectivity index (χ2n) is 3.83. The number of hydrogen-bond acceptors (Lipinski definition) is 4. The lowest BCUT2D eigenvalue weighted by Gasteiger charge is -2.19. The first-order valence-electron chi connectivity index (χ1n) is 5.22. The number of carbonyl (C=O) groups is 3. The van der Waals surface area contributed by atoms with Crippen LogP contribution in [0.2, 0.25) is 5.02 Å². The van der Waals surface area contributed by atoms with E-state index in [1.807, 2.05) is 0 Å². The van der Waals surface area contributed by atoms with Crippen molar-refractivity contribution in [1.82, 2.24) is 4.90 Å². The fourth-order valence-electron chi connectivity index (χ4n) is 1.42. The third-order valence-corrected chi connectivity index (χ3v) is 2.56. The standard InChI is InChI=1S/C11H13ClN4O3/c12-7-3-6(1-2-8(7)13)11(19)16(4-9(14)17)5-10(15)18/h1-3H,4-5,13H2,(H2,14,17)(H2,15,18). The molecule has 0 fully saturated rings. The third-order valence-electron chi connectivity index (χ3n) is 2.23. The van der Waals surface area contributed by atoms with Gasteiger partial charge in [0.05, 0.1) is 10.7 Å². The minimum absolute atomic E-state index is 0.182. The molecule has 0 aromatic heterocycles. The number of hydrogen-bond donors (Lipinski definition) is 3. The van der Waals surface area contributed by atoms with Crippen molar-refractivity contribution in [1.29, 1.82) is 0 Å². The third kappa shape index (κ3) is 4.14. The molecule has 0 atom stereocenters. The molecule has 3 amide bonds. The van der Waals surface area contributed by atoms with Gasteiger partial charge in [0.25, 0.3) is 5.91 Å². The van der Waals surface area contributed by atoms with Crippen molar-refractivity contribution in [3.63, 3.8) is 0 Å². The molecule has 0 saturated heterocycles. The van der Waals surface area contributed by atoms with Crippen LogP contribution in [0.3, 0.4) is 0 Å². The molecule has 0 aliphatic heterocycles. The predicted octanol–water partition coefficient (Wildman–Crippen LogP) is -0.665. The van der Waals surface area contributed by atoms with E-state index in [1.54, 1.807) is 0 Å². The van der Waals surface area contributed by atoms with Gasteiger partial charge in [-0.3, -0.25) is 14.4 Å². The summed E-state index contributed by atoms with van der Waals surface area (Å²) in [6.07, 6.45) is 0. The number of rotatable bonds is 5. The Morgan fingerprint density at radius 2 is 1.63 bits per heavy atom. The highest BCUT2D eigenvalue weighted by atomic mass is 35.5. The maximum absolute atomic E-state index is 12.1. The molecule has 7 nitrogen and oxygen atoms in total. The summed E-state index contributed by atoms with van der Waals surface area (Å²) in [6.45, 7) is -0.826. The molecule has 0 radical (unpaired) electrons. The molecule has 0 saturated carbocycles. The Morgan fingerprint density at radius 3 is 2.05 bits per heavy atom. The minimum atomic E-state index is -0.754. The Morgan fingerprint density at radius 1 is 1.11 bits per heavy atom. The van der Waals surface area contributed by atoms with Gasteiger partial charge >= 0.3 is 0 Å². The van der Waals surface area contributed by atoms with E-state index in [2.05, 4.69) is 0 Å². The van der Waals surface area contributed by atoms with E-state index in [-0.39, 0.29) is 10.6 Å². The van der Waals surface area contributed by atoms with Gasteiger partial charge in [0.2, 0.25) is 11.8 Å². The van der Waals surface area contributed by atoms with Gasteiger partial charge in [-0.1, -0.05) is 11.6 Å². The lowest BCUT2D eigenvalue weighted by molar-refractivity contribution is -0.121. The van der Waals surface area contributed by atoms with Crippen LogP contribution >= 0.6 is 11.6 Å². The van der Waals surface area contributed by atoms with Crippen molar-refractivity contribution in [3.05, 3.63) is 28.8 Å². The lowest BCUT2D eigenvalue weighted by atomic mass is 10.1. The Bertz CT molecular complexity index is 517. The molecule has 8 heteroatoms. The van der Waals surface area contributed by atoms with Crippen molar-refractivity contribution in [2.45, 2.75) is 0 Å². The van der Waals surface area contributed by atoms with Crippen molar-refractivity contribution in [2.24, 2.45) is 11.5 Å². The van der Waals surface area contributed by atoms with E-state index in [4.69, 9.17) is 28.8 Å². The lowest BCUT2D eigenvalue weighted by Crippen LogP contribution is -2.43. The van der Waals surface area contributed by atoms with E-state index >= 15 is 0 Å². The van der Waals surface area contributed by atoms with Crippen molar-refractivity contribution in [2.75, 3.05) is 18.8 Å². The number of amides is 3. The molecule has 1 aromatic rings. The molecular weight excluding hydrogens is 272 g/mol. The molecule has 102 valence electrons. The molecular formula is C11H13ClN4O3. The molecule has 0 aliphatic carbocycles. The highest BCUT2D eigenvalue weighted by Gasteiger charge is 2.20. The van der Waals surface area contributed by atoms with E-state index in [1.165, 1.54) is 18.2 Å². The van der Waals surface area contributed by atoms with E-state index in [9.17, 15) is 14.4 Å². The molecule has 0 heterocycles. The van der Waals surface area contributed by atoms with Crippen LogP contribution in [0.4, 0.5) is 5.69 Å². The van der Waals surface area contributed by atoms with Crippen LogP contribution in [0.1, 0.15) is 10.4 Å². The fraction of sp³-hybridized carbons (Fsp3) is 0.182. The molecule has 19 heavy (non-hydrogen) atoms. The molecule has 0 unspecified atom stereocenters. The van der Waals surface area contributed by atoms with Crippen LogP contribution < -0.4 is 17.2 Å². The van der Waals surface area contributed by atoms with E-state index in [0.29, 0.717) is 5.69 Å². The van der Waals surface area contributed by atoms with Crippen LogP contribution in [0.5, 0.6) is 0 Å². The average molecular weight is 285 g/mol. The zero-order chi connectivity index (χ0) is 14.6. The van der Waals surface area contributed by atoms with Gasteiger partial charge in [0.1, 0.15) is 13.1 Å². The Labute approximate surface area is 114 Å². The Kier molecular flexibility index (Phi) is 4.71. The summed E-state index contributed by atoms with van der Waals surface area (Å²) in [7, 11) is 0. The van der Waals surface area contributed by atoms with Gasteiger partial charge in [0, 0.05) is 5.56 Å². The SMILES string of the molecule is NC(=O)CN(CC(N)=O)C(=O)c1ccc(N)c(Cl)c1. The van der Waals surface area contributed by atoms with Crippen molar-refractivity contribution in [3.8, 4) is 0 Å². The summed E-state index contributed by atoms with van der Waals surface area (Å²) in [6, 6.07) is 4.22.